The van der Waals surface area contributed by atoms with Crippen LogP contribution in [0.4, 0.5) is 0 Å². The SMILES string of the molecule is COc1ccc(OCc2noc(CN3CCN(S(=O)(=O)c4ccc(Cl)cc4)CC3)n2)cc1. The first-order chi connectivity index (χ1) is 15.4. The van der Waals surface area contributed by atoms with Crippen LogP contribution in [0.3, 0.4) is 0 Å². The Bertz CT molecular complexity index is 1130. The third-order valence-corrected chi connectivity index (χ3v) is 7.24. The number of aromatic nitrogens is 2. The lowest BCUT2D eigenvalue weighted by Crippen LogP contribution is -2.48. The Morgan fingerprint density at radius 2 is 1.66 bits per heavy atom. The zero-order chi connectivity index (χ0) is 22.6. The van der Waals surface area contributed by atoms with Crippen LogP contribution in [-0.2, 0) is 23.2 Å². The van der Waals surface area contributed by atoms with Gasteiger partial charge in [-0.2, -0.15) is 9.29 Å². The minimum Gasteiger partial charge on any atom is -0.497 e. The molecule has 0 saturated carbocycles. The second-order valence-electron chi connectivity index (χ2n) is 7.20. The van der Waals surface area contributed by atoms with Crippen molar-refractivity contribution < 1.29 is 22.4 Å². The first kappa shape index (κ1) is 22.5. The van der Waals surface area contributed by atoms with Gasteiger partial charge in [-0.3, -0.25) is 4.90 Å². The smallest absolute Gasteiger partial charge is 0.243 e. The second-order valence-corrected chi connectivity index (χ2v) is 9.58. The van der Waals surface area contributed by atoms with Crippen LogP contribution in [0.2, 0.25) is 5.02 Å². The Morgan fingerprint density at radius 1 is 1.00 bits per heavy atom. The van der Waals surface area contributed by atoms with Crippen molar-refractivity contribution in [1.82, 2.24) is 19.3 Å². The molecule has 2 heterocycles. The molecule has 170 valence electrons. The minimum atomic E-state index is -3.54. The highest BCUT2D eigenvalue weighted by atomic mass is 35.5. The van der Waals surface area contributed by atoms with Gasteiger partial charge < -0.3 is 14.0 Å². The summed E-state index contributed by atoms with van der Waals surface area (Å²) in [7, 11) is -1.93. The second kappa shape index (κ2) is 9.86. The fourth-order valence-electron chi connectivity index (χ4n) is 3.31. The van der Waals surface area contributed by atoms with Crippen molar-refractivity contribution in [3.63, 3.8) is 0 Å². The number of sulfonamides is 1. The molecule has 0 aliphatic carbocycles. The summed E-state index contributed by atoms with van der Waals surface area (Å²) in [6.07, 6.45) is 0. The van der Waals surface area contributed by atoms with E-state index in [1.165, 1.54) is 16.4 Å². The molecule has 0 bridgehead atoms. The van der Waals surface area contributed by atoms with E-state index in [1.807, 2.05) is 12.1 Å². The molecule has 2 aromatic carbocycles. The van der Waals surface area contributed by atoms with Gasteiger partial charge in [0.25, 0.3) is 0 Å². The molecule has 3 aromatic rings. The minimum absolute atomic E-state index is 0.183. The molecule has 4 rings (SSSR count). The van der Waals surface area contributed by atoms with Crippen molar-refractivity contribution >= 4 is 21.6 Å². The van der Waals surface area contributed by atoms with Gasteiger partial charge in [0.05, 0.1) is 18.6 Å². The van der Waals surface area contributed by atoms with Crippen LogP contribution >= 0.6 is 11.6 Å². The fourth-order valence-corrected chi connectivity index (χ4v) is 4.86. The van der Waals surface area contributed by atoms with Crippen LogP contribution in [0.1, 0.15) is 11.7 Å². The van der Waals surface area contributed by atoms with E-state index in [9.17, 15) is 8.42 Å². The predicted octanol–water partition coefficient (Wildman–Crippen LogP) is 2.82. The number of halogens is 1. The first-order valence-corrected chi connectivity index (χ1v) is 11.8. The first-order valence-electron chi connectivity index (χ1n) is 10.0. The normalized spacial score (nSPS) is 15.6. The average molecular weight is 479 g/mol. The van der Waals surface area contributed by atoms with E-state index in [-0.39, 0.29) is 11.5 Å². The van der Waals surface area contributed by atoms with Gasteiger partial charge in [-0.1, -0.05) is 16.8 Å². The van der Waals surface area contributed by atoms with Crippen LogP contribution in [0.15, 0.2) is 57.9 Å². The molecule has 0 unspecified atom stereocenters. The molecule has 32 heavy (non-hydrogen) atoms. The van der Waals surface area contributed by atoms with Gasteiger partial charge in [-0.05, 0) is 48.5 Å². The van der Waals surface area contributed by atoms with Crippen molar-refractivity contribution in [3.8, 4) is 11.5 Å². The van der Waals surface area contributed by atoms with Crippen LogP contribution in [-0.4, -0.2) is 61.1 Å². The molecule has 1 aliphatic rings. The van der Waals surface area contributed by atoms with Crippen molar-refractivity contribution in [2.75, 3.05) is 33.3 Å². The third-order valence-electron chi connectivity index (χ3n) is 5.08. The molecule has 9 nitrogen and oxygen atoms in total. The van der Waals surface area contributed by atoms with Gasteiger partial charge in [0.15, 0.2) is 6.61 Å². The molecular formula is C21H23ClN4O5S. The Kier molecular flexibility index (Phi) is 6.95. The fraction of sp³-hybridized carbons (Fsp3) is 0.333. The summed E-state index contributed by atoms with van der Waals surface area (Å²) in [5.74, 6) is 2.34. The van der Waals surface area contributed by atoms with E-state index in [1.54, 1.807) is 31.4 Å². The lowest BCUT2D eigenvalue weighted by Gasteiger charge is -2.33. The number of benzene rings is 2. The van der Waals surface area contributed by atoms with Gasteiger partial charge >= 0.3 is 0 Å². The number of hydrogen-bond acceptors (Lipinski definition) is 8. The largest absolute Gasteiger partial charge is 0.497 e. The monoisotopic (exact) mass is 478 g/mol. The Morgan fingerprint density at radius 3 is 2.31 bits per heavy atom. The number of ether oxygens (including phenoxy) is 2. The van der Waals surface area contributed by atoms with Gasteiger partial charge in [-0.15, -0.1) is 0 Å². The van der Waals surface area contributed by atoms with Gasteiger partial charge in [0.2, 0.25) is 21.7 Å². The quantitative estimate of drug-likeness (QED) is 0.487. The van der Waals surface area contributed by atoms with Crippen LogP contribution < -0.4 is 9.47 Å². The highest BCUT2D eigenvalue weighted by molar-refractivity contribution is 7.89. The lowest BCUT2D eigenvalue weighted by molar-refractivity contribution is 0.163. The molecular weight excluding hydrogens is 456 g/mol. The van der Waals surface area contributed by atoms with Crippen LogP contribution in [0, 0.1) is 0 Å². The summed E-state index contributed by atoms with van der Waals surface area (Å²) in [5.41, 5.74) is 0. The third kappa shape index (κ3) is 5.39. The highest BCUT2D eigenvalue weighted by Crippen LogP contribution is 2.21. The molecule has 1 aliphatic heterocycles. The zero-order valence-electron chi connectivity index (χ0n) is 17.5. The van der Waals surface area contributed by atoms with E-state index < -0.39 is 10.0 Å². The molecule has 1 aromatic heterocycles. The number of methoxy groups -OCH3 is 1. The Balaban J connectivity index is 1.27. The van der Waals surface area contributed by atoms with E-state index in [4.69, 9.17) is 25.6 Å². The number of rotatable bonds is 8. The van der Waals surface area contributed by atoms with Crippen LogP contribution in [0.5, 0.6) is 11.5 Å². The van der Waals surface area contributed by atoms with Crippen LogP contribution in [0.25, 0.3) is 0 Å². The lowest BCUT2D eigenvalue weighted by atomic mass is 10.3. The molecule has 0 amide bonds. The van der Waals surface area contributed by atoms with Gasteiger partial charge in [0.1, 0.15) is 11.5 Å². The molecule has 0 atom stereocenters. The molecule has 0 radical (unpaired) electrons. The average Bonchev–Trinajstić information content (AvgIpc) is 3.26. The maximum Gasteiger partial charge on any atom is 0.243 e. The topological polar surface area (TPSA) is 98.0 Å². The molecule has 11 heteroatoms. The summed E-state index contributed by atoms with van der Waals surface area (Å²) < 4.78 is 43.2. The van der Waals surface area contributed by atoms with E-state index in [0.717, 1.165) is 5.75 Å². The molecule has 0 N–H and O–H groups in total. The summed E-state index contributed by atoms with van der Waals surface area (Å²) in [6, 6.07) is 13.4. The van der Waals surface area contributed by atoms with E-state index in [0.29, 0.717) is 55.2 Å². The summed E-state index contributed by atoms with van der Waals surface area (Å²) in [5, 5.41) is 4.45. The zero-order valence-corrected chi connectivity index (χ0v) is 19.1. The number of hydrogen-bond donors (Lipinski definition) is 0. The summed E-state index contributed by atoms with van der Waals surface area (Å²) >= 11 is 5.86. The Labute approximate surface area is 191 Å². The van der Waals surface area contributed by atoms with Crippen molar-refractivity contribution in [3.05, 3.63) is 65.3 Å². The van der Waals surface area contributed by atoms with Crippen molar-refractivity contribution in [1.29, 1.82) is 0 Å². The summed E-state index contributed by atoms with van der Waals surface area (Å²) in [4.78, 5) is 6.69. The highest BCUT2D eigenvalue weighted by Gasteiger charge is 2.29. The maximum absolute atomic E-state index is 12.8. The standard InChI is InChI=1S/C21H23ClN4O5S/c1-29-17-4-6-18(7-5-17)30-15-20-23-21(31-24-20)14-25-10-12-26(13-11-25)32(27,28)19-8-2-16(22)3-9-19/h2-9H,10-15H2,1H3. The Hall–Kier alpha value is -2.66. The van der Waals surface area contributed by atoms with E-state index in [2.05, 4.69) is 15.0 Å². The number of nitrogens with zero attached hydrogens (tertiary/aromatic N) is 4. The van der Waals surface area contributed by atoms with E-state index >= 15 is 0 Å². The summed E-state index contributed by atoms with van der Waals surface area (Å²) in [6.45, 7) is 2.52. The maximum atomic E-state index is 12.8. The molecule has 1 saturated heterocycles. The van der Waals surface area contributed by atoms with Gasteiger partial charge in [-0.25, -0.2) is 8.42 Å². The van der Waals surface area contributed by atoms with Gasteiger partial charge in [0, 0.05) is 31.2 Å². The van der Waals surface area contributed by atoms with Crippen molar-refractivity contribution in [2.45, 2.75) is 18.0 Å². The predicted molar refractivity (Wildman–Crippen MR) is 117 cm³/mol. The van der Waals surface area contributed by atoms with Crippen molar-refractivity contribution in [2.24, 2.45) is 0 Å². The number of piperazine rings is 1. The molecule has 1 fully saturated rings. The molecule has 0 spiro atoms.